The van der Waals surface area contributed by atoms with E-state index < -0.39 is 11.7 Å². The lowest BCUT2D eigenvalue weighted by atomic mass is 9.95. The second-order valence-electron chi connectivity index (χ2n) is 6.21. The first kappa shape index (κ1) is 16.1. The van der Waals surface area contributed by atoms with Crippen LogP contribution >= 0.6 is 11.6 Å². The summed E-state index contributed by atoms with van der Waals surface area (Å²) in [6, 6.07) is 6.49. The lowest BCUT2D eigenvalue weighted by Crippen LogP contribution is -2.41. The lowest BCUT2D eigenvalue weighted by Gasteiger charge is -2.28. The van der Waals surface area contributed by atoms with Crippen LogP contribution in [0, 0.1) is 0 Å². The van der Waals surface area contributed by atoms with Gasteiger partial charge >= 0.3 is 0 Å². The molecule has 0 spiro atoms. The van der Waals surface area contributed by atoms with Crippen LogP contribution in [-0.2, 0) is 9.59 Å². The van der Waals surface area contributed by atoms with Crippen LogP contribution < -0.4 is 0 Å². The van der Waals surface area contributed by atoms with E-state index in [0.29, 0.717) is 10.6 Å². The number of aliphatic hydroxyl groups excluding tert-OH is 1. The third kappa shape index (κ3) is 3.13. The van der Waals surface area contributed by atoms with Crippen LogP contribution in [-0.4, -0.2) is 27.9 Å². The maximum Gasteiger partial charge on any atom is 0.296 e. The summed E-state index contributed by atoms with van der Waals surface area (Å²) < 4.78 is 0. The second-order valence-corrected chi connectivity index (χ2v) is 6.65. The number of hydrogen-bond donors (Lipinski definition) is 1. The first-order valence-corrected chi connectivity index (χ1v) is 8.54. The summed E-state index contributed by atoms with van der Waals surface area (Å²) in [5, 5.41) is 10.8. The molecule has 2 aliphatic rings. The van der Waals surface area contributed by atoms with Crippen molar-refractivity contribution in [3.63, 3.8) is 0 Å². The van der Waals surface area contributed by atoms with Gasteiger partial charge in [-0.1, -0.05) is 55.8 Å². The smallest absolute Gasteiger partial charge is 0.296 e. The molecule has 5 heteroatoms. The van der Waals surface area contributed by atoms with E-state index in [1.54, 1.807) is 24.3 Å². The van der Waals surface area contributed by atoms with Crippen molar-refractivity contribution < 1.29 is 14.7 Å². The molecule has 1 aromatic rings. The maximum atomic E-state index is 12.8. The molecule has 4 nitrogen and oxygen atoms in total. The van der Waals surface area contributed by atoms with Crippen molar-refractivity contribution in [3.8, 4) is 0 Å². The molecule has 1 heterocycles. The quantitative estimate of drug-likeness (QED) is 0.829. The normalized spacial score (nSPS) is 20.8. The van der Waals surface area contributed by atoms with E-state index in [-0.39, 0.29) is 17.5 Å². The van der Waals surface area contributed by atoms with Gasteiger partial charge in [0.15, 0.2) is 5.76 Å². The van der Waals surface area contributed by atoms with Crippen molar-refractivity contribution >= 4 is 29.0 Å². The molecule has 0 radical (unpaired) electrons. The number of rotatable bonds is 2. The predicted molar refractivity (Wildman–Crippen MR) is 89.0 cm³/mol. The second kappa shape index (κ2) is 6.75. The predicted octanol–water partition coefficient (Wildman–Crippen LogP) is 4.09. The largest absolute Gasteiger partial charge is 0.502 e. The molecular formula is C18H20ClNO3. The fraction of sp³-hybridized carbons (Fsp3) is 0.444. The van der Waals surface area contributed by atoms with Gasteiger partial charge in [0.05, 0.1) is 5.57 Å². The first-order valence-electron chi connectivity index (χ1n) is 8.16. The van der Waals surface area contributed by atoms with Gasteiger partial charge in [0, 0.05) is 11.1 Å². The highest BCUT2D eigenvalue weighted by atomic mass is 35.5. The minimum atomic E-state index is -0.564. The molecule has 2 amide bonds. The number of carbonyl (C=O) groups excluding carboxylic acids is 2. The number of imide groups is 1. The van der Waals surface area contributed by atoms with Crippen LogP contribution in [0.2, 0.25) is 5.02 Å². The van der Waals surface area contributed by atoms with Crippen molar-refractivity contribution in [2.45, 2.75) is 51.0 Å². The van der Waals surface area contributed by atoms with Gasteiger partial charge in [0.25, 0.3) is 11.8 Å². The number of hydrogen-bond acceptors (Lipinski definition) is 3. The van der Waals surface area contributed by atoms with Gasteiger partial charge in [-0.3, -0.25) is 14.5 Å². The summed E-state index contributed by atoms with van der Waals surface area (Å²) in [6.45, 7) is 0. The van der Waals surface area contributed by atoms with E-state index in [9.17, 15) is 14.7 Å². The maximum absolute atomic E-state index is 12.8. The SMILES string of the molecule is O=C1C(O)=C(c2ccc(Cl)cc2)C(=O)N1C1CCCCCCC1. The number of benzene rings is 1. The van der Waals surface area contributed by atoms with E-state index in [2.05, 4.69) is 0 Å². The van der Waals surface area contributed by atoms with Crippen molar-refractivity contribution in [1.29, 1.82) is 0 Å². The number of nitrogens with zero attached hydrogens (tertiary/aromatic N) is 1. The molecule has 1 N–H and O–H groups in total. The molecule has 1 saturated carbocycles. The standard InChI is InChI=1S/C18H20ClNO3/c19-13-10-8-12(9-11-13)15-16(21)18(23)20(17(15)22)14-6-4-2-1-3-5-7-14/h8-11,14,21H,1-7H2. The monoisotopic (exact) mass is 333 g/mol. The molecule has 1 aliphatic heterocycles. The highest BCUT2D eigenvalue weighted by Gasteiger charge is 2.42. The zero-order chi connectivity index (χ0) is 16.4. The van der Waals surface area contributed by atoms with Crippen molar-refractivity contribution in [2.24, 2.45) is 0 Å². The van der Waals surface area contributed by atoms with E-state index >= 15 is 0 Å². The summed E-state index contributed by atoms with van der Waals surface area (Å²) in [7, 11) is 0. The molecule has 122 valence electrons. The van der Waals surface area contributed by atoms with E-state index in [1.165, 1.54) is 11.3 Å². The summed E-state index contributed by atoms with van der Waals surface area (Å²) in [5.74, 6) is -1.40. The molecule has 0 bridgehead atoms. The fourth-order valence-electron chi connectivity index (χ4n) is 3.44. The van der Waals surface area contributed by atoms with Crippen LogP contribution in [0.4, 0.5) is 0 Å². The van der Waals surface area contributed by atoms with Crippen LogP contribution in [0.1, 0.15) is 50.5 Å². The Morgan fingerprint density at radius 3 is 2.09 bits per heavy atom. The van der Waals surface area contributed by atoms with Crippen LogP contribution in [0.25, 0.3) is 5.57 Å². The van der Waals surface area contributed by atoms with Gasteiger partial charge in [-0.2, -0.15) is 0 Å². The molecule has 0 atom stereocenters. The first-order chi connectivity index (χ1) is 11.1. The third-order valence-electron chi connectivity index (χ3n) is 4.66. The Morgan fingerprint density at radius 2 is 1.48 bits per heavy atom. The van der Waals surface area contributed by atoms with Crippen LogP contribution in [0.5, 0.6) is 0 Å². The third-order valence-corrected chi connectivity index (χ3v) is 4.92. The van der Waals surface area contributed by atoms with Gasteiger partial charge in [-0.15, -0.1) is 0 Å². The number of amides is 2. The summed E-state index contributed by atoms with van der Waals surface area (Å²) >= 11 is 5.86. The van der Waals surface area contributed by atoms with Gasteiger partial charge in [-0.25, -0.2) is 0 Å². The van der Waals surface area contributed by atoms with Crippen LogP contribution in [0.3, 0.4) is 0 Å². The molecular weight excluding hydrogens is 314 g/mol. The molecule has 0 saturated heterocycles. The van der Waals surface area contributed by atoms with Gasteiger partial charge in [0.1, 0.15) is 0 Å². The summed E-state index contributed by atoms with van der Waals surface area (Å²) in [6.07, 6.45) is 7.15. The summed E-state index contributed by atoms with van der Waals surface area (Å²) in [5.41, 5.74) is 0.618. The molecule has 0 unspecified atom stereocenters. The molecule has 0 aromatic heterocycles. The zero-order valence-electron chi connectivity index (χ0n) is 12.9. The summed E-state index contributed by atoms with van der Waals surface area (Å²) in [4.78, 5) is 26.5. The zero-order valence-corrected chi connectivity index (χ0v) is 13.7. The topological polar surface area (TPSA) is 57.6 Å². The highest BCUT2D eigenvalue weighted by molar-refractivity contribution is 6.35. The molecule has 3 rings (SSSR count). The van der Waals surface area contributed by atoms with E-state index in [4.69, 9.17) is 11.6 Å². The van der Waals surface area contributed by atoms with Gasteiger partial charge < -0.3 is 5.11 Å². The number of halogens is 1. The Labute approximate surface area is 140 Å². The average molecular weight is 334 g/mol. The molecule has 1 aromatic carbocycles. The fourth-order valence-corrected chi connectivity index (χ4v) is 3.56. The van der Waals surface area contributed by atoms with Crippen molar-refractivity contribution in [3.05, 3.63) is 40.6 Å². The Hall–Kier alpha value is -1.81. The average Bonchev–Trinajstić information content (AvgIpc) is 2.72. The van der Waals surface area contributed by atoms with Crippen LogP contribution in [0.15, 0.2) is 30.0 Å². The Bertz CT molecular complexity index is 643. The van der Waals surface area contributed by atoms with E-state index in [1.807, 2.05) is 0 Å². The molecule has 23 heavy (non-hydrogen) atoms. The number of aliphatic hydroxyl groups is 1. The van der Waals surface area contributed by atoms with Gasteiger partial charge in [0.2, 0.25) is 0 Å². The number of carbonyl (C=O) groups is 2. The van der Waals surface area contributed by atoms with Crippen molar-refractivity contribution in [1.82, 2.24) is 4.90 Å². The Morgan fingerprint density at radius 1 is 0.913 bits per heavy atom. The Balaban J connectivity index is 1.87. The van der Waals surface area contributed by atoms with Gasteiger partial charge in [-0.05, 0) is 30.5 Å². The molecule has 1 fully saturated rings. The Kier molecular flexibility index (Phi) is 4.71. The minimum absolute atomic E-state index is 0.0914. The van der Waals surface area contributed by atoms with E-state index in [0.717, 1.165) is 38.5 Å². The van der Waals surface area contributed by atoms with Crippen molar-refractivity contribution in [2.75, 3.05) is 0 Å². The highest BCUT2D eigenvalue weighted by Crippen LogP contribution is 2.33. The minimum Gasteiger partial charge on any atom is -0.502 e. The lowest BCUT2D eigenvalue weighted by molar-refractivity contribution is -0.141. The molecule has 1 aliphatic carbocycles.